The minimum absolute atomic E-state index is 0.0490. The molecular formula is C14H16N4O2S. The fourth-order valence-corrected chi connectivity index (χ4v) is 2.93. The number of hydrogen-bond acceptors (Lipinski definition) is 6. The van der Waals surface area contributed by atoms with Crippen molar-refractivity contribution >= 4 is 17.2 Å². The molecule has 110 valence electrons. The van der Waals surface area contributed by atoms with Crippen molar-refractivity contribution in [3.63, 3.8) is 0 Å². The molecule has 21 heavy (non-hydrogen) atoms. The second-order valence-corrected chi connectivity index (χ2v) is 5.68. The van der Waals surface area contributed by atoms with Crippen molar-refractivity contribution in [1.82, 2.24) is 19.9 Å². The van der Waals surface area contributed by atoms with E-state index in [-0.39, 0.29) is 12.0 Å². The molecule has 1 aliphatic heterocycles. The molecular weight excluding hydrogens is 288 g/mol. The molecule has 0 unspecified atom stereocenters. The van der Waals surface area contributed by atoms with Gasteiger partial charge in [0.25, 0.3) is 5.91 Å². The fourth-order valence-electron chi connectivity index (χ4n) is 2.40. The number of ether oxygens (including phenoxy) is 1. The highest BCUT2D eigenvalue weighted by atomic mass is 32.1. The number of amides is 1. The van der Waals surface area contributed by atoms with Crippen LogP contribution in [0, 0.1) is 13.8 Å². The molecule has 2 aromatic rings. The monoisotopic (exact) mass is 304 g/mol. The zero-order valence-electron chi connectivity index (χ0n) is 11.9. The number of hydrogen-bond donors (Lipinski definition) is 0. The Morgan fingerprint density at radius 1 is 1.43 bits per heavy atom. The highest BCUT2D eigenvalue weighted by Gasteiger charge is 2.28. The predicted octanol–water partition coefficient (Wildman–Crippen LogP) is 1.76. The quantitative estimate of drug-likeness (QED) is 0.845. The third kappa shape index (κ3) is 3.08. The summed E-state index contributed by atoms with van der Waals surface area (Å²) >= 11 is 1.42. The molecule has 7 heteroatoms. The normalized spacial score (nSPS) is 18.8. The summed E-state index contributed by atoms with van der Waals surface area (Å²) in [5.74, 6) is 0.670. The van der Waals surface area contributed by atoms with Crippen LogP contribution in [-0.2, 0) is 4.74 Å². The van der Waals surface area contributed by atoms with Gasteiger partial charge in [0.05, 0.1) is 24.4 Å². The van der Waals surface area contributed by atoms with E-state index in [4.69, 9.17) is 4.74 Å². The van der Waals surface area contributed by atoms with Gasteiger partial charge in [-0.25, -0.2) is 15.0 Å². The van der Waals surface area contributed by atoms with Crippen molar-refractivity contribution in [3.05, 3.63) is 39.9 Å². The van der Waals surface area contributed by atoms with Gasteiger partial charge in [0.2, 0.25) is 0 Å². The number of aromatic nitrogens is 3. The Labute approximate surface area is 126 Å². The van der Waals surface area contributed by atoms with Crippen LogP contribution >= 0.6 is 11.3 Å². The van der Waals surface area contributed by atoms with Crippen LogP contribution in [0.5, 0.6) is 0 Å². The molecule has 3 heterocycles. The van der Waals surface area contributed by atoms with Gasteiger partial charge in [0.15, 0.2) is 0 Å². The Hall–Kier alpha value is -1.86. The van der Waals surface area contributed by atoms with Crippen LogP contribution in [0.1, 0.15) is 33.8 Å². The first-order valence-electron chi connectivity index (χ1n) is 6.75. The maximum absolute atomic E-state index is 12.4. The van der Waals surface area contributed by atoms with Crippen LogP contribution in [0.15, 0.2) is 17.0 Å². The molecule has 1 saturated heterocycles. The van der Waals surface area contributed by atoms with Crippen molar-refractivity contribution in [2.24, 2.45) is 0 Å². The van der Waals surface area contributed by atoms with E-state index in [1.165, 1.54) is 11.3 Å². The first-order valence-corrected chi connectivity index (χ1v) is 7.69. The van der Waals surface area contributed by atoms with E-state index in [1.807, 2.05) is 19.9 Å². The van der Waals surface area contributed by atoms with Crippen LogP contribution < -0.4 is 0 Å². The zero-order chi connectivity index (χ0) is 14.8. The number of carbonyl (C=O) groups is 1. The minimum Gasteiger partial charge on any atom is -0.368 e. The molecule has 0 aromatic carbocycles. The smallest absolute Gasteiger partial charge is 0.273 e. The summed E-state index contributed by atoms with van der Waals surface area (Å²) in [5, 5.41) is 1.77. The molecule has 0 bridgehead atoms. The first kappa shape index (κ1) is 14.1. The van der Waals surface area contributed by atoms with Crippen LogP contribution in [0.4, 0.5) is 0 Å². The molecule has 1 amide bonds. The number of nitrogens with zero attached hydrogens (tertiary/aromatic N) is 4. The predicted molar refractivity (Wildman–Crippen MR) is 78.2 cm³/mol. The third-order valence-electron chi connectivity index (χ3n) is 3.32. The maximum Gasteiger partial charge on any atom is 0.273 e. The van der Waals surface area contributed by atoms with Crippen molar-refractivity contribution in [1.29, 1.82) is 0 Å². The molecule has 1 fully saturated rings. The average molecular weight is 304 g/mol. The second kappa shape index (κ2) is 5.87. The highest BCUT2D eigenvalue weighted by Crippen LogP contribution is 2.22. The van der Waals surface area contributed by atoms with E-state index in [2.05, 4.69) is 15.0 Å². The largest absolute Gasteiger partial charge is 0.368 e. The molecule has 6 nitrogen and oxygen atoms in total. The minimum atomic E-state index is -0.207. The van der Waals surface area contributed by atoms with Gasteiger partial charge in [-0.15, -0.1) is 11.3 Å². The lowest BCUT2D eigenvalue weighted by Gasteiger charge is -2.32. The summed E-state index contributed by atoms with van der Waals surface area (Å²) in [6.07, 6.45) is -0.207. The maximum atomic E-state index is 12.4. The standard InChI is InChI=1S/C14H16N4O2S/c1-9-5-11(17-10(2)16-9)13-6-18(3-4-20-13)14(19)12-7-21-8-15-12/h5,7-8,13H,3-4,6H2,1-2H3/t13-/m0/s1. The van der Waals surface area contributed by atoms with E-state index in [0.717, 1.165) is 17.2 Å². The van der Waals surface area contributed by atoms with E-state index in [0.29, 0.717) is 25.4 Å². The van der Waals surface area contributed by atoms with Gasteiger partial charge < -0.3 is 9.64 Å². The second-order valence-electron chi connectivity index (χ2n) is 4.97. The van der Waals surface area contributed by atoms with Gasteiger partial charge in [0, 0.05) is 17.6 Å². The topological polar surface area (TPSA) is 68.2 Å². The van der Waals surface area contributed by atoms with Crippen molar-refractivity contribution < 1.29 is 9.53 Å². The average Bonchev–Trinajstić information content (AvgIpc) is 3.00. The molecule has 1 atom stereocenters. The van der Waals surface area contributed by atoms with Crippen LogP contribution in [0.2, 0.25) is 0 Å². The van der Waals surface area contributed by atoms with E-state index < -0.39 is 0 Å². The van der Waals surface area contributed by atoms with Crippen molar-refractivity contribution in [2.45, 2.75) is 20.0 Å². The Morgan fingerprint density at radius 3 is 3.00 bits per heavy atom. The van der Waals surface area contributed by atoms with Gasteiger partial charge in [-0.3, -0.25) is 4.79 Å². The van der Waals surface area contributed by atoms with Crippen LogP contribution in [-0.4, -0.2) is 45.5 Å². The van der Waals surface area contributed by atoms with Crippen LogP contribution in [0.25, 0.3) is 0 Å². The lowest BCUT2D eigenvalue weighted by Crippen LogP contribution is -2.42. The number of rotatable bonds is 2. The SMILES string of the molecule is Cc1cc([C@@H]2CN(C(=O)c3cscn3)CCO2)nc(C)n1. The highest BCUT2D eigenvalue weighted by molar-refractivity contribution is 7.07. The molecule has 0 radical (unpaired) electrons. The number of morpholine rings is 1. The van der Waals surface area contributed by atoms with Gasteiger partial charge >= 0.3 is 0 Å². The molecule has 0 saturated carbocycles. The van der Waals surface area contributed by atoms with Gasteiger partial charge in [-0.1, -0.05) is 0 Å². The lowest BCUT2D eigenvalue weighted by molar-refractivity contribution is -0.0250. The molecule has 2 aromatic heterocycles. The Kier molecular flexibility index (Phi) is 3.94. The summed E-state index contributed by atoms with van der Waals surface area (Å²) in [7, 11) is 0. The van der Waals surface area contributed by atoms with E-state index in [1.54, 1.807) is 15.8 Å². The molecule has 0 spiro atoms. The number of carbonyl (C=O) groups excluding carboxylic acids is 1. The summed E-state index contributed by atoms with van der Waals surface area (Å²) < 4.78 is 5.77. The Morgan fingerprint density at radius 2 is 2.29 bits per heavy atom. The van der Waals surface area contributed by atoms with Crippen molar-refractivity contribution in [2.75, 3.05) is 19.7 Å². The first-order chi connectivity index (χ1) is 10.1. The molecule has 0 aliphatic carbocycles. The molecule has 3 rings (SSSR count). The Bertz CT molecular complexity index is 624. The van der Waals surface area contributed by atoms with Gasteiger partial charge in [-0.05, 0) is 19.9 Å². The number of aryl methyl sites for hydroxylation is 2. The zero-order valence-corrected chi connectivity index (χ0v) is 12.8. The summed E-state index contributed by atoms with van der Waals surface area (Å²) in [6.45, 7) is 5.36. The van der Waals surface area contributed by atoms with Crippen molar-refractivity contribution in [3.8, 4) is 0 Å². The fraction of sp³-hybridized carbons (Fsp3) is 0.429. The van der Waals surface area contributed by atoms with Crippen LogP contribution in [0.3, 0.4) is 0 Å². The summed E-state index contributed by atoms with van der Waals surface area (Å²) in [5.41, 5.74) is 3.90. The lowest BCUT2D eigenvalue weighted by atomic mass is 10.1. The third-order valence-corrected chi connectivity index (χ3v) is 3.91. The van der Waals surface area contributed by atoms with Gasteiger partial charge in [0.1, 0.15) is 17.6 Å². The van der Waals surface area contributed by atoms with E-state index >= 15 is 0 Å². The molecule has 1 aliphatic rings. The summed E-state index contributed by atoms with van der Waals surface area (Å²) in [6, 6.07) is 1.91. The number of thiazole rings is 1. The summed E-state index contributed by atoms with van der Waals surface area (Å²) in [4.78, 5) is 26.9. The van der Waals surface area contributed by atoms with E-state index in [9.17, 15) is 4.79 Å². The molecule has 0 N–H and O–H groups in total. The Balaban J connectivity index is 1.78. The van der Waals surface area contributed by atoms with Gasteiger partial charge in [-0.2, -0.15) is 0 Å².